The molecular formula is C14H13N3OS2. The van der Waals surface area contributed by atoms with Crippen molar-refractivity contribution in [2.75, 3.05) is 12.3 Å². The van der Waals surface area contributed by atoms with Gasteiger partial charge in [-0.3, -0.25) is 0 Å². The van der Waals surface area contributed by atoms with Crippen molar-refractivity contribution in [1.29, 1.82) is 0 Å². The number of aromatic nitrogens is 2. The molecule has 4 nitrogen and oxygen atoms in total. The van der Waals surface area contributed by atoms with Crippen molar-refractivity contribution in [3.8, 4) is 26.9 Å². The van der Waals surface area contributed by atoms with Crippen LogP contribution in [0, 0.1) is 0 Å². The number of hydrogen-bond acceptors (Lipinski definition) is 6. The number of nitrogens with zero attached hydrogens (tertiary/aromatic N) is 2. The van der Waals surface area contributed by atoms with Gasteiger partial charge in [0.1, 0.15) is 10.8 Å². The summed E-state index contributed by atoms with van der Waals surface area (Å²) >= 11 is 3.05. The highest BCUT2D eigenvalue weighted by Crippen LogP contribution is 2.33. The summed E-state index contributed by atoms with van der Waals surface area (Å²) in [5.74, 6) is 0.875. The molecule has 2 N–H and O–H groups in total. The summed E-state index contributed by atoms with van der Waals surface area (Å²) in [6.07, 6.45) is 1.84. The number of ether oxygens (including phenoxy) is 1. The van der Waals surface area contributed by atoms with Crippen molar-refractivity contribution in [2.45, 2.75) is 6.92 Å². The van der Waals surface area contributed by atoms with Gasteiger partial charge in [0, 0.05) is 17.1 Å². The molecule has 0 bridgehead atoms. The van der Waals surface area contributed by atoms with Gasteiger partial charge >= 0.3 is 0 Å². The van der Waals surface area contributed by atoms with Crippen molar-refractivity contribution in [3.05, 3.63) is 35.8 Å². The third-order valence-electron chi connectivity index (χ3n) is 2.69. The van der Waals surface area contributed by atoms with Gasteiger partial charge < -0.3 is 10.5 Å². The largest absolute Gasteiger partial charge is 0.494 e. The summed E-state index contributed by atoms with van der Waals surface area (Å²) in [6.45, 7) is 2.65. The van der Waals surface area contributed by atoms with Gasteiger partial charge in [-0.25, -0.2) is 9.97 Å². The monoisotopic (exact) mass is 303 g/mol. The van der Waals surface area contributed by atoms with Gasteiger partial charge in [-0.05, 0) is 31.2 Å². The predicted molar refractivity (Wildman–Crippen MR) is 84.2 cm³/mol. The van der Waals surface area contributed by atoms with E-state index in [0.29, 0.717) is 11.7 Å². The smallest absolute Gasteiger partial charge is 0.180 e. The fourth-order valence-electron chi connectivity index (χ4n) is 1.79. The van der Waals surface area contributed by atoms with Crippen LogP contribution in [0.1, 0.15) is 6.92 Å². The summed E-state index contributed by atoms with van der Waals surface area (Å²) in [6, 6.07) is 7.95. The molecule has 3 rings (SSSR count). The van der Waals surface area contributed by atoms with Crippen LogP contribution in [0.4, 0.5) is 5.13 Å². The van der Waals surface area contributed by atoms with Crippen LogP contribution in [0.25, 0.3) is 21.1 Å². The second-order valence-corrected chi connectivity index (χ2v) is 5.98. The molecule has 0 atom stereocenters. The molecule has 0 aliphatic carbocycles. The lowest BCUT2D eigenvalue weighted by Crippen LogP contribution is -1.90. The van der Waals surface area contributed by atoms with Crippen molar-refractivity contribution in [3.63, 3.8) is 0 Å². The number of hydrogen-bond donors (Lipinski definition) is 1. The molecule has 20 heavy (non-hydrogen) atoms. The molecule has 2 heterocycles. The van der Waals surface area contributed by atoms with Crippen molar-refractivity contribution < 1.29 is 4.74 Å². The molecule has 0 amide bonds. The molecule has 2 aromatic heterocycles. The molecule has 0 spiro atoms. The Bertz CT molecular complexity index is 703. The van der Waals surface area contributed by atoms with E-state index in [9.17, 15) is 0 Å². The normalized spacial score (nSPS) is 10.7. The minimum absolute atomic E-state index is 0.580. The minimum atomic E-state index is 0.580. The zero-order valence-electron chi connectivity index (χ0n) is 10.9. The Morgan fingerprint density at radius 1 is 1.25 bits per heavy atom. The second kappa shape index (κ2) is 5.60. The maximum atomic E-state index is 5.66. The molecule has 0 unspecified atom stereocenters. The fourth-order valence-corrected chi connectivity index (χ4v) is 3.31. The summed E-state index contributed by atoms with van der Waals surface area (Å²) in [5.41, 5.74) is 7.62. The maximum absolute atomic E-state index is 5.66. The van der Waals surface area contributed by atoms with Crippen molar-refractivity contribution in [2.24, 2.45) is 0 Å². The van der Waals surface area contributed by atoms with Crippen LogP contribution in [0.3, 0.4) is 0 Å². The lowest BCUT2D eigenvalue weighted by atomic mass is 10.2. The van der Waals surface area contributed by atoms with Gasteiger partial charge in [0.05, 0.1) is 17.2 Å². The van der Waals surface area contributed by atoms with Gasteiger partial charge in [0.15, 0.2) is 5.13 Å². The van der Waals surface area contributed by atoms with Crippen LogP contribution < -0.4 is 10.5 Å². The first-order valence-electron chi connectivity index (χ1n) is 6.16. The SMILES string of the molecule is CCOc1ccc(-c2ncc(-c3csc(N)n3)s2)cc1. The maximum Gasteiger partial charge on any atom is 0.180 e. The van der Waals surface area contributed by atoms with Crippen LogP contribution in [0.2, 0.25) is 0 Å². The zero-order chi connectivity index (χ0) is 13.9. The number of nitrogens with two attached hydrogens (primary N) is 1. The molecule has 3 aromatic rings. The molecule has 6 heteroatoms. The highest BCUT2D eigenvalue weighted by molar-refractivity contribution is 7.19. The quantitative estimate of drug-likeness (QED) is 0.793. The number of benzene rings is 1. The molecule has 0 aliphatic rings. The average Bonchev–Trinajstić information content (AvgIpc) is 3.09. The van der Waals surface area contributed by atoms with Crippen LogP contribution >= 0.6 is 22.7 Å². The lowest BCUT2D eigenvalue weighted by molar-refractivity contribution is 0.340. The van der Waals surface area contributed by atoms with E-state index in [4.69, 9.17) is 10.5 Å². The molecule has 0 aliphatic heterocycles. The van der Waals surface area contributed by atoms with E-state index in [1.54, 1.807) is 11.3 Å². The second-order valence-electron chi connectivity index (χ2n) is 4.06. The van der Waals surface area contributed by atoms with Gasteiger partial charge in [-0.1, -0.05) is 0 Å². The summed E-state index contributed by atoms with van der Waals surface area (Å²) in [7, 11) is 0. The van der Waals surface area contributed by atoms with E-state index in [1.165, 1.54) is 11.3 Å². The summed E-state index contributed by atoms with van der Waals surface area (Å²) < 4.78 is 5.43. The number of anilines is 1. The molecule has 1 aromatic carbocycles. The Hall–Kier alpha value is -1.92. The highest BCUT2D eigenvalue weighted by atomic mass is 32.1. The Balaban J connectivity index is 1.86. The first-order chi connectivity index (χ1) is 9.76. The van der Waals surface area contributed by atoms with E-state index >= 15 is 0 Å². The highest BCUT2D eigenvalue weighted by Gasteiger charge is 2.09. The topological polar surface area (TPSA) is 61.0 Å². The number of thiazole rings is 2. The zero-order valence-corrected chi connectivity index (χ0v) is 12.5. The lowest BCUT2D eigenvalue weighted by Gasteiger charge is -2.02. The van der Waals surface area contributed by atoms with Crippen LogP contribution in [0.5, 0.6) is 5.75 Å². The van der Waals surface area contributed by atoms with Crippen molar-refractivity contribution in [1.82, 2.24) is 9.97 Å². The van der Waals surface area contributed by atoms with Gasteiger partial charge in [-0.2, -0.15) is 0 Å². The third-order valence-corrected chi connectivity index (χ3v) is 4.44. The first-order valence-corrected chi connectivity index (χ1v) is 7.86. The van der Waals surface area contributed by atoms with Crippen LogP contribution in [-0.2, 0) is 0 Å². The Kier molecular flexibility index (Phi) is 3.66. The summed E-state index contributed by atoms with van der Waals surface area (Å²) in [4.78, 5) is 9.75. The number of rotatable bonds is 4. The molecule has 0 saturated carbocycles. The van der Waals surface area contributed by atoms with E-state index in [0.717, 1.165) is 26.9 Å². The molecule has 0 saturated heterocycles. The standard InChI is InChI=1S/C14H13N3OS2/c1-2-18-10-5-3-9(4-6-10)13-16-7-12(20-13)11-8-19-14(15)17-11/h3-8H,2H2,1H3,(H2,15,17). The molecule has 0 radical (unpaired) electrons. The Morgan fingerprint density at radius 3 is 2.70 bits per heavy atom. The average molecular weight is 303 g/mol. The van der Waals surface area contributed by atoms with E-state index < -0.39 is 0 Å². The van der Waals surface area contributed by atoms with Gasteiger partial charge in [-0.15, -0.1) is 22.7 Å². The van der Waals surface area contributed by atoms with Crippen molar-refractivity contribution >= 4 is 27.8 Å². The van der Waals surface area contributed by atoms with Crippen LogP contribution in [-0.4, -0.2) is 16.6 Å². The van der Waals surface area contributed by atoms with Crippen LogP contribution in [0.15, 0.2) is 35.8 Å². The Labute approximate surface area is 124 Å². The predicted octanol–water partition coefficient (Wildman–Crippen LogP) is 3.91. The van der Waals surface area contributed by atoms with E-state index in [1.807, 2.05) is 42.8 Å². The first kappa shape index (κ1) is 13.1. The minimum Gasteiger partial charge on any atom is -0.494 e. The van der Waals surface area contributed by atoms with Gasteiger partial charge in [0.25, 0.3) is 0 Å². The van der Waals surface area contributed by atoms with Gasteiger partial charge in [0.2, 0.25) is 0 Å². The summed E-state index contributed by atoms with van der Waals surface area (Å²) in [5, 5.41) is 3.50. The van der Waals surface area contributed by atoms with E-state index in [2.05, 4.69) is 9.97 Å². The number of nitrogen functional groups attached to an aromatic ring is 1. The third kappa shape index (κ3) is 2.66. The fraction of sp³-hybridized carbons (Fsp3) is 0.143. The molecular weight excluding hydrogens is 290 g/mol. The van der Waals surface area contributed by atoms with E-state index in [-0.39, 0.29) is 0 Å². The molecule has 102 valence electrons. The molecule has 0 fully saturated rings. The Morgan fingerprint density at radius 2 is 2.05 bits per heavy atom.